The Balaban J connectivity index is 2.32. The van der Waals surface area contributed by atoms with E-state index in [1.165, 1.54) is 7.11 Å². The maximum absolute atomic E-state index is 11.2. The van der Waals surface area contributed by atoms with Gasteiger partial charge in [-0.1, -0.05) is 0 Å². The molecule has 0 saturated carbocycles. The molecule has 2 aliphatic heterocycles. The molecule has 0 unspecified atom stereocenters. The summed E-state index contributed by atoms with van der Waals surface area (Å²) in [4.78, 5) is 11.2. The summed E-state index contributed by atoms with van der Waals surface area (Å²) in [5, 5.41) is 9.82. The molecule has 0 aromatic heterocycles. The van der Waals surface area contributed by atoms with Crippen molar-refractivity contribution in [2.75, 3.05) is 7.11 Å². The first-order valence-electron chi connectivity index (χ1n) is 5.25. The topological polar surface area (TPSA) is 74.2 Å². The SMILES string of the molecule is CO[C@H]1O[C@H](C)C[C@]2([C@H](C)O)OC(=O)O[C@H]12. The van der Waals surface area contributed by atoms with Gasteiger partial charge in [-0.25, -0.2) is 4.79 Å². The highest BCUT2D eigenvalue weighted by molar-refractivity contribution is 5.64. The molecule has 16 heavy (non-hydrogen) atoms. The van der Waals surface area contributed by atoms with Gasteiger partial charge in [0.05, 0.1) is 12.2 Å². The van der Waals surface area contributed by atoms with Gasteiger partial charge in [0, 0.05) is 13.5 Å². The molecular weight excluding hydrogens is 216 g/mol. The van der Waals surface area contributed by atoms with Crippen LogP contribution in [0.25, 0.3) is 0 Å². The number of hydrogen-bond acceptors (Lipinski definition) is 6. The van der Waals surface area contributed by atoms with Crippen LogP contribution >= 0.6 is 0 Å². The molecule has 0 aromatic rings. The lowest BCUT2D eigenvalue weighted by atomic mass is 9.83. The molecule has 2 aliphatic rings. The Bertz CT molecular complexity index is 291. The highest BCUT2D eigenvalue weighted by Gasteiger charge is 2.62. The minimum Gasteiger partial charge on any atom is -0.421 e. The van der Waals surface area contributed by atoms with Crippen LogP contribution in [0.4, 0.5) is 4.79 Å². The lowest BCUT2D eigenvalue weighted by Gasteiger charge is -2.42. The zero-order valence-corrected chi connectivity index (χ0v) is 9.50. The van der Waals surface area contributed by atoms with Crippen molar-refractivity contribution in [1.29, 1.82) is 0 Å². The van der Waals surface area contributed by atoms with Crippen molar-refractivity contribution in [3.05, 3.63) is 0 Å². The predicted molar refractivity (Wildman–Crippen MR) is 51.7 cm³/mol. The zero-order valence-electron chi connectivity index (χ0n) is 9.50. The number of aliphatic hydroxyl groups excluding tert-OH is 1. The lowest BCUT2D eigenvalue weighted by Crippen LogP contribution is -2.60. The first kappa shape index (κ1) is 11.6. The van der Waals surface area contributed by atoms with Crippen LogP contribution < -0.4 is 0 Å². The van der Waals surface area contributed by atoms with Gasteiger partial charge < -0.3 is 24.1 Å². The number of carbonyl (C=O) groups excluding carboxylic acids is 1. The van der Waals surface area contributed by atoms with E-state index in [1.807, 2.05) is 6.92 Å². The predicted octanol–water partition coefficient (Wildman–Crippen LogP) is 0.423. The van der Waals surface area contributed by atoms with Crippen LogP contribution in [-0.2, 0) is 18.9 Å². The molecule has 0 spiro atoms. The summed E-state index contributed by atoms with van der Waals surface area (Å²) < 4.78 is 20.7. The number of aliphatic hydroxyl groups is 1. The van der Waals surface area contributed by atoms with E-state index in [2.05, 4.69) is 0 Å². The van der Waals surface area contributed by atoms with E-state index in [0.717, 1.165) is 0 Å². The maximum atomic E-state index is 11.2. The van der Waals surface area contributed by atoms with E-state index in [9.17, 15) is 9.90 Å². The van der Waals surface area contributed by atoms with E-state index < -0.39 is 30.3 Å². The highest BCUT2D eigenvalue weighted by Crippen LogP contribution is 2.41. The fourth-order valence-corrected chi connectivity index (χ4v) is 2.35. The molecule has 0 aromatic carbocycles. The second-order valence-electron chi connectivity index (χ2n) is 4.28. The molecule has 2 saturated heterocycles. The van der Waals surface area contributed by atoms with Gasteiger partial charge in [-0.15, -0.1) is 0 Å². The molecule has 6 heteroatoms. The van der Waals surface area contributed by atoms with Crippen molar-refractivity contribution in [3.63, 3.8) is 0 Å². The van der Waals surface area contributed by atoms with E-state index in [0.29, 0.717) is 6.42 Å². The number of ether oxygens (including phenoxy) is 4. The Labute approximate surface area is 93.4 Å². The van der Waals surface area contributed by atoms with Gasteiger partial charge >= 0.3 is 6.16 Å². The summed E-state index contributed by atoms with van der Waals surface area (Å²) >= 11 is 0. The van der Waals surface area contributed by atoms with Gasteiger partial charge in [0.1, 0.15) is 0 Å². The third kappa shape index (κ3) is 1.57. The summed E-state index contributed by atoms with van der Waals surface area (Å²) in [6.07, 6.45) is -2.84. The van der Waals surface area contributed by atoms with Gasteiger partial charge in [0.2, 0.25) is 0 Å². The lowest BCUT2D eigenvalue weighted by molar-refractivity contribution is -0.266. The Kier molecular flexibility index (Phi) is 2.81. The number of carbonyl (C=O) groups is 1. The Morgan fingerprint density at radius 1 is 1.62 bits per heavy atom. The van der Waals surface area contributed by atoms with Crippen molar-refractivity contribution >= 4 is 6.16 Å². The monoisotopic (exact) mass is 232 g/mol. The third-order valence-electron chi connectivity index (χ3n) is 3.14. The van der Waals surface area contributed by atoms with Crippen molar-refractivity contribution in [2.24, 2.45) is 0 Å². The fourth-order valence-electron chi connectivity index (χ4n) is 2.35. The summed E-state index contributed by atoms with van der Waals surface area (Å²) in [7, 11) is 1.46. The molecule has 0 bridgehead atoms. The summed E-state index contributed by atoms with van der Waals surface area (Å²) in [5.41, 5.74) is -1.06. The van der Waals surface area contributed by atoms with Gasteiger partial charge in [0.15, 0.2) is 18.0 Å². The zero-order chi connectivity index (χ0) is 11.9. The average molecular weight is 232 g/mol. The molecule has 2 rings (SSSR count). The normalized spacial score (nSPS) is 44.5. The van der Waals surface area contributed by atoms with E-state index in [-0.39, 0.29) is 6.10 Å². The van der Waals surface area contributed by atoms with Gasteiger partial charge in [-0.05, 0) is 13.8 Å². The number of fused-ring (bicyclic) bond motifs is 1. The molecule has 2 fully saturated rings. The van der Waals surface area contributed by atoms with Crippen molar-refractivity contribution in [1.82, 2.24) is 0 Å². The summed E-state index contributed by atoms with van der Waals surface area (Å²) in [6.45, 7) is 3.40. The van der Waals surface area contributed by atoms with Crippen LogP contribution in [0.1, 0.15) is 20.3 Å². The average Bonchev–Trinajstić information content (AvgIpc) is 2.54. The summed E-state index contributed by atoms with van der Waals surface area (Å²) in [5.74, 6) is 0. The second kappa shape index (κ2) is 3.87. The Morgan fingerprint density at radius 2 is 2.31 bits per heavy atom. The number of rotatable bonds is 2. The molecule has 0 amide bonds. The van der Waals surface area contributed by atoms with Crippen LogP contribution in [0.15, 0.2) is 0 Å². The van der Waals surface area contributed by atoms with E-state index >= 15 is 0 Å². The fraction of sp³-hybridized carbons (Fsp3) is 0.900. The van der Waals surface area contributed by atoms with Crippen LogP contribution in [0, 0.1) is 0 Å². The molecule has 1 N–H and O–H groups in total. The Hall–Kier alpha value is -0.850. The maximum Gasteiger partial charge on any atom is 0.509 e. The largest absolute Gasteiger partial charge is 0.509 e. The minimum atomic E-state index is -1.06. The van der Waals surface area contributed by atoms with Crippen molar-refractivity contribution in [2.45, 2.75) is 50.5 Å². The minimum absolute atomic E-state index is 0.176. The summed E-state index contributed by atoms with van der Waals surface area (Å²) in [6, 6.07) is 0. The van der Waals surface area contributed by atoms with Crippen molar-refractivity contribution < 1.29 is 28.8 Å². The number of methoxy groups -OCH3 is 1. The first-order chi connectivity index (χ1) is 7.49. The second-order valence-corrected chi connectivity index (χ2v) is 4.28. The molecule has 0 aliphatic carbocycles. The highest BCUT2D eigenvalue weighted by atomic mass is 16.8. The molecule has 0 radical (unpaired) electrons. The third-order valence-corrected chi connectivity index (χ3v) is 3.14. The smallest absolute Gasteiger partial charge is 0.421 e. The van der Waals surface area contributed by atoms with Crippen LogP contribution in [0.5, 0.6) is 0 Å². The van der Waals surface area contributed by atoms with Crippen molar-refractivity contribution in [3.8, 4) is 0 Å². The standard InChI is InChI=1S/C10H16O6/c1-5-4-10(6(2)11)7(8(13-3)14-5)15-9(12)16-10/h5-8,11H,4H2,1-3H3/t5-,6+,7-,8+,10-/m1/s1. The van der Waals surface area contributed by atoms with Gasteiger partial charge in [-0.2, -0.15) is 0 Å². The molecule has 5 atom stereocenters. The van der Waals surface area contributed by atoms with E-state index in [1.54, 1.807) is 6.92 Å². The van der Waals surface area contributed by atoms with Gasteiger partial charge in [-0.3, -0.25) is 0 Å². The molecule has 92 valence electrons. The quantitative estimate of drug-likeness (QED) is 0.696. The number of hydrogen-bond donors (Lipinski definition) is 1. The van der Waals surface area contributed by atoms with E-state index in [4.69, 9.17) is 18.9 Å². The molecule has 6 nitrogen and oxygen atoms in total. The first-order valence-corrected chi connectivity index (χ1v) is 5.25. The van der Waals surface area contributed by atoms with Crippen LogP contribution in [0.2, 0.25) is 0 Å². The molecular formula is C10H16O6. The molecule has 2 heterocycles. The van der Waals surface area contributed by atoms with Crippen LogP contribution in [0.3, 0.4) is 0 Å². The Morgan fingerprint density at radius 3 is 2.88 bits per heavy atom. The van der Waals surface area contributed by atoms with Crippen LogP contribution in [-0.4, -0.2) is 48.6 Å². The van der Waals surface area contributed by atoms with Gasteiger partial charge in [0.25, 0.3) is 0 Å².